The van der Waals surface area contributed by atoms with Gasteiger partial charge in [0.1, 0.15) is 0 Å². The van der Waals surface area contributed by atoms with Crippen molar-refractivity contribution >= 4 is 20.4 Å². The number of hydrogen-bond acceptors (Lipinski definition) is 3. The molecule has 3 nitrogen and oxygen atoms in total. The Kier molecular flexibility index (Phi) is 41.1. The van der Waals surface area contributed by atoms with Crippen molar-refractivity contribution in [1.82, 2.24) is 0 Å². The summed E-state index contributed by atoms with van der Waals surface area (Å²) >= 11 is 5.74. The van der Waals surface area contributed by atoms with Crippen LogP contribution in [0.4, 0.5) is 0 Å². The summed E-state index contributed by atoms with van der Waals surface area (Å²) in [6.45, 7) is 0. The van der Waals surface area contributed by atoms with Crippen molar-refractivity contribution in [3.63, 3.8) is 0 Å². The van der Waals surface area contributed by atoms with E-state index in [-0.39, 0.29) is 0 Å². The van der Waals surface area contributed by atoms with Gasteiger partial charge in [-0.25, -0.2) is 0 Å². The minimum atomic E-state index is -2.35. The van der Waals surface area contributed by atoms with Crippen molar-refractivity contribution < 1.29 is 13.3 Å². The smallest absolute Gasteiger partial charge is 0.377 e. The first kappa shape index (κ1) is 47.4. The second kappa shape index (κ2) is 40.8. The Bertz CT molecular complexity index is 552. The summed E-state index contributed by atoms with van der Waals surface area (Å²) in [5.41, 5.74) is 0. The number of alkyl halides is 1. The molecule has 0 aliphatic heterocycles. The van der Waals surface area contributed by atoms with Gasteiger partial charge in [-0.15, -0.1) is 11.6 Å². The van der Waals surface area contributed by atoms with E-state index >= 15 is 0 Å². The molecule has 0 saturated heterocycles. The van der Waals surface area contributed by atoms with Crippen LogP contribution in [0.2, 0.25) is 6.04 Å². The highest BCUT2D eigenvalue weighted by molar-refractivity contribution is 6.60. The summed E-state index contributed by atoms with van der Waals surface area (Å²) in [6.07, 6.45) is 53.0. The molecule has 0 aromatic rings. The molecule has 0 N–H and O–H groups in total. The maximum atomic E-state index is 5.74. The molecule has 0 aromatic carbocycles. The molecule has 0 bridgehead atoms. The van der Waals surface area contributed by atoms with Gasteiger partial charge in [-0.05, 0) is 12.8 Å². The van der Waals surface area contributed by atoms with Gasteiger partial charge in [-0.3, -0.25) is 0 Å². The predicted molar refractivity (Wildman–Crippen MR) is 213 cm³/mol. The average Bonchev–Trinajstić information content (AvgIpc) is 3.09. The van der Waals surface area contributed by atoms with Crippen molar-refractivity contribution in [2.75, 3.05) is 27.2 Å². The lowest BCUT2D eigenvalue weighted by molar-refractivity contribution is 0.122. The highest BCUT2D eigenvalue weighted by atomic mass is 35.5. The summed E-state index contributed by atoms with van der Waals surface area (Å²) in [7, 11) is 2.79. The van der Waals surface area contributed by atoms with Crippen molar-refractivity contribution in [2.24, 2.45) is 0 Å². The molecule has 0 aliphatic carbocycles. The first-order valence-corrected chi connectivity index (χ1v) is 23.9. The maximum absolute atomic E-state index is 5.74. The second-order valence-electron chi connectivity index (χ2n) is 14.8. The molecule has 5 heteroatoms. The second-order valence-corrected chi connectivity index (χ2v) is 18.3. The van der Waals surface area contributed by atoms with Crippen LogP contribution >= 0.6 is 11.6 Å². The van der Waals surface area contributed by atoms with Gasteiger partial charge in [0.15, 0.2) is 0 Å². The fourth-order valence-corrected chi connectivity index (χ4v) is 9.16. The Balaban J connectivity index is 3.11. The number of hydrogen-bond donors (Lipinski definition) is 0. The van der Waals surface area contributed by atoms with E-state index in [0.29, 0.717) is 0 Å². The predicted octanol–water partition coefficient (Wildman–Crippen LogP) is 15.5. The van der Waals surface area contributed by atoms with Crippen molar-refractivity contribution in [1.29, 1.82) is 0 Å². The highest BCUT2D eigenvalue weighted by Crippen LogP contribution is 2.20. The fraction of sp³-hybridized carbons (Fsp3) is 1.00. The van der Waals surface area contributed by atoms with Crippen LogP contribution in [0.3, 0.4) is 0 Å². The zero-order valence-corrected chi connectivity index (χ0v) is 34.4. The van der Waals surface area contributed by atoms with Crippen LogP contribution in [0.15, 0.2) is 0 Å². The molecule has 0 fully saturated rings. The highest BCUT2D eigenvalue weighted by Gasteiger charge is 2.36. The van der Waals surface area contributed by atoms with E-state index in [1.165, 1.54) is 231 Å². The number of rotatable bonds is 42. The summed E-state index contributed by atoms with van der Waals surface area (Å²) in [6, 6.07) is 0.939. The van der Waals surface area contributed by atoms with Crippen molar-refractivity contribution in [3.8, 4) is 0 Å². The summed E-state index contributed by atoms with van der Waals surface area (Å²) in [5.74, 6) is 0.843. The Morgan fingerprint density at radius 1 is 0.255 bits per heavy atom. The first-order chi connectivity index (χ1) is 23.2. The van der Waals surface area contributed by atoms with E-state index in [9.17, 15) is 0 Å². The molecule has 0 atom stereocenters. The molecule has 0 radical (unpaired) electrons. The largest absolute Gasteiger partial charge is 0.500 e. The molecule has 0 heterocycles. The van der Waals surface area contributed by atoms with Crippen LogP contribution in [0.1, 0.15) is 238 Å². The molecule has 0 saturated carbocycles. The lowest BCUT2D eigenvalue weighted by Gasteiger charge is -2.24. The zero-order valence-electron chi connectivity index (χ0n) is 32.7. The van der Waals surface area contributed by atoms with Gasteiger partial charge in [0.2, 0.25) is 0 Å². The van der Waals surface area contributed by atoms with Gasteiger partial charge >= 0.3 is 8.80 Å². The third kappa shape index (κ3) is 36.0. The molecule has 0 aromatic heterocycles. The van der Waals surface area contributed by atoms with Crippen LogP contribution in [0, 0.1) is 0 Å². The Morgan fingerprint density at radius 2 is 0.404 bits per heavy atom. The van der Waals surface area contributed by atoms with Crippen LogP contribution in [0.5, 0.6) is 0 Å². The first-order valence-electron chi connectivity index (χ1n) is 21.5. The average molecular weight is 704 g/mol. The van der Waals surface area contributed by atoms with Gasteiger partial charge in [-0.1, -0.05) is 225 Å². The van der Waals surface area contributed by atoms with E-state index in [0.717, 1.165) is 18.3 Å². The van der Waals surface area contributed by atoms with Gasteiger partial charge in [0, 0.05) is 33.3 Å². The van der Waals surface area contributed by atoms with Crippen LogP contribution in [0.25, 0.3) is 0 Å². The number of halogens is 1. The van der Waals surface area contributed by atoms with E-state index in [1.807, 2.05) is 0 Å². The van der Waals surface area contributed by atoms with Crippen molar-refractivity contribution in [2.45, 2.75) is 244 Å². The Morgan fingerprint density at radius 3 is 0.553 bits per heavy atom. The van der Waals surface area contributed by atoms with E-state index in [2.05, 4.69) is 0 Å². The molecule has 284 valence electrons. The van der Waals surface area contributed by atoms with Crippen LogP contribution in [-0.2, 0) is 13.3 Å². The molecule has 0 unspecified atom stereocenters. The lowest BCUT2D eigenvalue weighted by atomic mass is 10.0. The monoisotopic (exact) mass is 703 g/mol. The van der Waals surface area contributed by atoms with E-state index < -0.39 is 8.80 Å². The summed E-state index contributed by atoms with van der Waals surface area (Å²) in [4.78, 5) is 0. The molecular weight excluding hydrogens is 616 g/mol. The Labute approximate surface area is 303 Å². The maximum Gasteiger partial charge on any atom is 0.500 e. The third-order valence-corrected chi connectivity index (χ3v) is 13.6. The van der Waals surface area contributed by atoms with Gasteiger partial charge in [-0.2, -0.15) is 0 Å². The number of unbranched alkanes of at least 4 members (excludes halogenated alkanes) is 36. The van der Waals surface area contributed by atoms with Gasteiger partial charge < -0.3 is 13.3 Å². The van der Waals surface area contributed by atoms with Gasteiger partial charge in [0.05, 0.1) is 0 Å². The molecule has 0 rings (SSSR count). The van der Waals surface area contributed by atoms with Crippen LogP contribution < -0.4 is 0 Å². The minimum Gasteiger partial charge on any atom is -0.377 e. The molecular formula is C42H87ClO3Si. The van der Waals surface area contributed by atoms with Crippen LogP contribution in [-0.4, -0.2) is 36.0 Å². The fourth-order valence-electron chi connectivity index (χ4n) is 7.18. The SMILES string of the molecule is CO[Si](CCCCCCCCCCCCCCCCCCCCCCCCCCCCCCCCCCCCCCCCl)(OC)OC. The third-order valence-electron chi connectivity index (χ3n) is 10.5. The van der Waals surface area contributed by atoms with Gasteiger partial charge in [0.25, 0.3) is 0 Å². The molecule has 0 aliphatic rings. The van der Waals surface area contributed by atoms with E-state index in [1.54, 1.807) is 21.3 Å². The molecule has 47 heavy (non-hydrogen) atoms. The van der Waals surface area contributed by atoms with Crippen molar-refractivity contribution in [3.05, 3.63) is 0 Å². The quantitative estimate of drug-likeness (QED) is 0.0360. The summed E-state index contributed by atoms with van der Waals surface area (Å²) < 4.78 is 16.5. The lowest BCUT2D eigenvalue weighted by Crippen LogP contribution is -2.42. The summed E-state index contributed by atoms with van der Waals surface area (Å²) in [5, 5.41) is 0. The molecule has 0 amide bonds. The Hall–Kier alpha value is 0.387. The van der Waals surface area contributed by atoms with E-state index in [4.69, 9.17) is 24.9 Å². The topological polar surface area (TPSA) is 27.7 Å². The standard InChI is InChI=1S/C42H87ClO3Si/c1-44-47(45-2,46-3)42-40-38-36-34-32-30-28-26-24-22-20-18-16-14-12-10-8-6-4-5-7-9-11-13-15-17-19-21-23-25-27-29-31-33-35-37-39-41-43/h4-42H2,1-3H3. The zero-order chi connectivity index (χ0) is 34.2. The normalized spacial score (nSPS) is 12.0. The minimum absolute atomic E-state index is 0.843. The molecule has 0 spiro atoms.